The van der Waals surface area contributed by atoms with Crippen LogP contribution in [-0.2, 0) is 0 Å². The SMILES string of the molecule is Cl.NCC1CCCCN1C(=O)c1coc2ccccc12. The topological polar surface area (TPSA) is 59.5 Å². The standard InChI is InChI=1S/C15H18N2O2.ClH/c16-9-11-5-3-4-8-17(11)15(18)13-10-19-14-7-2-1-6-12(13)14;/h1-2,6-7,10-11H,3-5,8-9,16H2;1H. The smallest absolute Gasteiger partial charge is 0.258 e. The van der Waals surface area contributed by atoms with Gasteiger partial charge in [-0.15, -0.1) is 12.4 Å². The van der Waals surface area contributed by atoms with Crippen molar-refractivity contribution >= 4 is 29.3 Å². The maximum Gasteiger partial charge on any atom is 0.258 e. The van der Waals surface area contributed by atoms with Crippen molar-refractivity contribution in [3.05, 3.63) is 36.1 Å². The van der Waals surface area contributed by atoms with Crippen LogP contribution < -0.4 is 5.73 Å². The van der Waals surface area contributed by atoms with E-state index in [4.69, 9.17) is 10.2 Å². The molecule has 1 saturated heterocycles. The molecular weight excluding hydrogens is 276 g/mol. The summed E-state index contributed by atoms with van der Waals surface area (Å²) in [4.78, 5) is 14.6. The van der Waals surface area contributed by atoms with Crippen LogP contribution in [0.3, 0.4) is 0 Å². The average molecular weight is 295 g/mol. The van der Waals surface area contributed by atoms with Crippen molar-refractivity contribution in [3.63, 3.8) is 0 Å². The Labute approximate surface area is 124 Å². The molecule has 20 heavy (non-hydrogen) atoms. The number of furan rings is 1. The number of nitrogens with two attached hydrogens (primary N) is 1. The van der Waals surface area contributed by atoms with Crippen LogP contribution >= 0.6 is 12.4 Å². The summed E-state index contributed by atoms with van der Waals surface area (Å²) >= 11 is 0. The minimum Gasteiger partial charge on any atom is -0.463 e. The molecule has 3 rings (SSSR count). The zero-order valence-electron chi connectivity index (χ0n) is 11.2. The fourth-order valence-electron chi connectivity index (χ4n) is 2.81. The molecule has 1 aliphatic rings. The number of halogens is 1. The summed E-state index contributed by atoms with van der Waals surface area (Å²) < 4.78 is 5.45. The first kappa shape index (κ1) is 14.9. The van der Waals surface area contributed by atoms with Gasteiger partial charge in [-0.25, -0.2) is 0 Å². The van der Waals surface area contributed by atoms with E-state index in [0.717, 1.165) is 36.8 Å². The molecule has 1 unspecified atom stereocenters. The van der Waals surface area contributed by atoms with Gasteiger partial charge in [-0.2, -0.15) is 0 Å². The number of piperidine rings is 1. The van der Waals surface area contributed by atoms with Gasteiger partial charge in [0.05, 0.1) is 5.56 Å². The Balaban J connectivity index is 0.00000147. The van der Waals surface area contributed by atoms with E-state index in [1.54, 1.807) is 6.26 Å². The lowest BCUT2D eigenvalue weighted by molar-refractivity contribution is 0.0624. The largest absolute Gasteiger partial charge is 0.463 e. The van der Waals surface area contributed by atoms with E-state index in [9.17, 15) is 4.79 Å². The molecule has 5 heteroatoms. The minimum atomic E-state index is 0. The van der Waals surface area contributed by atoms with Gasteiger partial charge in [-0.3, -0.25) is 4.79 Å². The molecule has 1 aromatic carbocycles. The summed E-state index contributed by atoms with van der Waals surface area (Å²) in [6, 6.07) is 7.79. The third-order valence-electron chi connectivity index (χ3n) is 3.87. The molecule has 0 spiro atoms. The summed E-state index contributed by atoms with van der Waals surface area (Å²) in [6.45, 7) is 1.32. The van der Waals surface area contributed by atoms with Crippen LogP contribution in [0.5, 0.6) is 0 Å². The Kier molecular flexibility index (Phi) is 4.68. The molecule has 108 valence electrons. The summed E-state index contributed by atoms with van der Waals surface area (Å²) in [7, 11) is 0. The molecule has 1 atom stereocenters. The van der Waals surface area contributed by atoms with E-state index in [1.807, 2.05) is 29.2 Å². The number of carbonyl (C=O) groups is 1. The van der Waals surface area contributed by atoms with E-state index in [0.29, 0.717) is 12.1 Å². The number of rotatable bonds is 2. The molecule has 0 bridgehead atoms. The van der Waals surface area contributed by atoms with Crippen LogP contribution in [0.15, 0.2) is 34.9 Å². The van der Waals surface area contributed by atoms with E-state index in [-0.39, 0.29) is 24.4 Å². The molecule has 1 aliphatic heterocycles. The molecule has 1 fully saturated rings. The van der Waals surface area contributed by atoms with Gasteiger partial charge >= 0.3 is 0 Å². The molecule has 2 N–H and O–H groups in total. The van der Waals surface area contributed by atoms with Crippen molar-refractivity contribution < 1.29 is 9.21 Å². The van der Waals surface area contributed by atoms with Gasteiger partial charge in [0.15, 0.2) is 0 Å². The Bertz CT molecular complexity index is 596. The third kappa shape index (κ3) is 2.53. The van der Waals surface area contributed by atoms with Crippen molar-refractivity contribution in [3.8, 4) is 0 Å². The molecule has 1 amide bonds. The van der Waals surface area contributed by atoms with E-state index in [2.05, 4.69) is 0 Å². The van der Waals surface area contributed by atoms with Crippen molar-refractivity contribution in [2.45, 2.75) is 25.3 Å². The number of fused-ring (bicyclic) bond motifs is 1. The highest BCUT2D eigenvalue weighted by molar-refractivity contribution is 6.06. The molecule has 2 heterocycles. The maximum absolute atomic E-state index is 12.7. The predicted octanol–water partition coefficient (Wildman–Crippen LogP) is 2.81. The summed E-state index contributed by atoms with van der Waals surface area (Å²) in [5.74, 6) is 0.0418. The molecule has 0 aliphatic carbocycles. The van der Waals surface area contributed by atoms with Crippen molar-refractivity contribution in [2.75, 3.05) is 13.1 Å². The molecular formula is C15H19ClN2O2. The summed E-state index contributed by atoms with van der Waals surface area (Å²) in [5.41, 5.74) is 7.19. The Morgan fingerprint density at radius 1 is 1.35 bits per heavy atom. The van der Waals surface area contributed by atoms with Crippen molar-refractivity contribution in [1.82, 2.24) is 4.90 Å². The van der Waals surface area contributed by atoms with E-state index < -0.39 is 0 Å². The van der Waals surface area contributed by atoms with Crippen molar-refractivity contribution in [2.24, 2.45) is 5.73 Å². The van der Waals surface area contributed by atoms with Crippen LogP contribution in [0, 0.1) is 0 Å². The zero-order chi connectivity index (χ0) is 13.2. The van der Waals surface area contributed by atoms with Crippen LogP contribution in [0.25, 0.3) is 11.0 Å². The fraction of sp³-hybridized carbons (Fsp3) is 0.400. The fourth-order valence-corrected chi connectivity index (χ4v) is 2.81. The second kappa shape index (κ2) is 6.29. The van der Waals surface area contributed by atoms with Crippen LogP contribution in [-0.4, -0.2) is 29.9 Å². The number of benzene rings is 1. The highest BCUT2D eigenvalue weighted by Crippen LogP contribution is 2.25. The molecule has 1 aromatic heterocycles. The first-order valence-corrected chi connectivity index (χ1v) is 6.78. The number of carbonyl (C=O) groups excluding carboxylic acids is 1. The average Bonchev–Trinajstić information content (AvgIpc) is 2.90. The number of likely N-dealkylation sites (tertiary alicyclic amines) is 1. The van der Waals surface area contributed by atoms with E-state index in [1.165, 1.54) is 0 Å². The van der Waals surface area contributed by atoms with Crippen molar-refractivity contribution in [1.29, 1.82) is 0 Å². The van der Waals surface area contributed by atoms with Gasteiger partial charge < -0.3 is 15.1 Å². The minimum absolute atomic E-state index is 0. The van der Waals surface area contributed by atoms with Gasteiger partial charge in [0, 0.05) is 24.5 Å². The van der Waals surface area contributed by atoms with E-state index >= 15 is 0 Å². The highest BCUT2D eigenvalue weighted by atomic mass is 35.5. The maximum atomic E-state index is 12.7. The lowest BCUT2D eigenvalue weighted by Gasteiger charge is -2.34. The summed E-state index contributed by atoms with van der Waals surface area (Å²) in [6.07, 6.45) is 4.77. The van der Waals surface area contributed by atoms with Gasteiger partial charge in [0.1, 0.15) is 11.8 Å². The third-order valence-corrected chi connectivity index (χ3v) is 3.87. The normalized spacial score (nSPS) is 18.9. The number of amides is 1. The second-order valence-corrected chi connectivity index (χ2v) is 5.03. The zero-order valence-corrected chi connectivity index (χ0v) is 12.1. The van der Waals surface area contributed by atoms with Gasteiger partial charge in [0.25, 0.3) is 5.91 Å². The quantitative estimate of drug-likeness (QED) is 0.926. The Morgan fingerprint density at radius 2 is 2.15 bits per heavy atom. The molecule has 4 nitrogen and oxygen atoms in total. The van der Waals surface area contributed by atoms with Gasteiger partial charge in [-0.05, 0) is 25.3 Å². The lowest BCUT2D eigenvalue weighted by atomic mass is 10.0. The number of para-hydroxylation sites is 1. The predicted molar refractivity (Wildman–Crippen MR) is 81.2 cm³/mol. The van der Waals surface area contributed by atoms with Crippen LogP contribution in [0.4, 0.5) is 0 Å². The summed E-state index contributed by atoms with van der Waals surface area (Å²) in [5, 5.41) is 0.883. The first-order valence-electron chi connectivity index (χ1n) is 6.78. The molecule has 2 aromatic rings. The number of hydrogen-bond acceptors (Lipinski definition) is 3. The number of hydrogen-bond donors (Lipinski definition) is 1. The monoisotopic (exact) mass is 294 g/mol. The molecule has 0 saturated carbocycles. The Hall–Kier alpha value is -1.52. The van der Waals surface area contributed by atoms with Crippen LogP contribution in [0.2, 0.25) is 0 Å². The number of nitrogens with zero attached hydrogens (tertiary/aromatic N) is 1. The Morgan fingerprint density at radius 3 is 2.95 bits per heavy atom. The second-order valence-electron chi connectivity index (χ2n) is 5.03. The highest BCUT2D eigenvalue weighted by Gasteiger charge is 2.28. The van der Waals surface area contributed by atoms with Crippen LogP contribution in [0.1, 0.15) is 29.6 Å². The van der Waals surface area contributed by atoms with Gasteiger partial charge in [0.2, 0.25) is 0 Å². The van der Waals surface area contributed by atoms with Gasteiger partial charge in [-0.1, -0.05) is 18.2 Å². The lowest BCUT2D eigenvalue weighted by Crippen LogP contribution is -2.47. The molecule has 0 radical (unpaired) electrons. The first-order chi connectivity index (χ1) is 9.31.